The van der Waals surface area contributed by atoms with Crippen LogP contribution >= 0.6 is 0 Å². The molecule has 0 aromatic heterocycles. The number of para-hydroxylation sites is 3. The molecule has 0 bridgehead atoms. The molecular formula is C29H41N3O5. The summed E-state index contributed by atoms with van der Waals surface area (Å²) in [5.41, 5.74) is 2.03. The van der Waals surface area contributed by atoms with E-state index in [2.05, 4.69) is 26.8 Å². The number of hydrogen-bond acceptors (Lipinski definition) is 8. The Labute approximate surface area is 220 Å². The second-order valence-electron chi connectivity index (χ2n) is 9.86. The third-order valence-electron chi connectivity index (χ3n) is 7.71. The highest BCUT2D eigenvalue weighted by atomic mass is 16.5. The van der Waals surface area contributed by atoms with Crippen LogP contribution in [0.1, 0.15) is 31.7 Å². The number of piperazine rings is 1. The third kappa shape index (κ3) is 6.67. The van der Waals surface area contributed by atoms with Gasteiger partial charge < -0.3 is 24.2 Å². The third-order valence-corrected chi connectivity index (χ3v) is 7.71. The Bertz CT molecular complexity index is 1020. The average Bonchev–Trinajstić information content (AvgIpc) is 2.94. The van der Waals surface area contributed by atoms with E-state index in [4.69, 9.17) is 14.2 Å². The monoisotopic (exact) mass is 511 g/mol. The van der Waals surface area contributed by atoms with E-state index >= 15 is 0 Å². The first-order valence-electron chi connectivity index (χ1n) is 13.4. The minimum absolute atomic E-state index is 0.154. The maximum absolute atomic E-state index is 12.0. The molecule has 37 heavy (non-hydrogen) atoms. The van der Waals surface area contributed by atoms with E-state index in [0.717, 1.165) is 69.1 Å². The van der Waals surface area contributed by atoms with Crippen molar-refractivity contribution in [1.29, 1.82) is 0 Å². The summed E-state index contributed by atoms with van der Waals surface area (Å²) in [7, 11) is 3.18. The van der Waals surface area contributed by atoms with E-state index in [-0.39, 0.29) is 11.7 Å². The Morgan fingerprint density at radius 1 is 1.00 bits per heavy atom. The molecule has 2 aliphatic heterocycles. The fourth-order valence-electron chi connectivity index (χ4n) is 5.80. The Morgan fingerprint density at radius 3 is 2.49 bits per heavy atom. The van der Waals surface area contributed by atoms with Gasteiger partial charge >= 0.3 is 5.97 Å². The number of nitrogens with zero attached hydrogens (tertiary/aromatic N) is 3. The molecule has 0 radical (unpaired) electrons. The van der Waals surface area contributed by atoms with Crippen molar-refractivity contribution in [2.75, 3.05) is 65.0 Å². The summed E-state index contributed by atoms with van der Waals surface area (Å²) in [6, 6.07) is 14.3. The molecule has 2 heterocycles. The number of anilines is 1. The lowest BCUT2D eigenvalue weighted by Gasteiger charge is -2.47. The van der Waals surface area contributed by atoms with Crippen LogP contribution in [0.2, 0.25) is 0 Å². The van der Waals surface area contributed by atoms with Gasteiger partial charge in [-0.3, -0.25) is 14.6 Å². The standard InChI is InChI=1S/C29H41N3O5/c1-4-37-27-11-7-8-23(29(27)34)21-30-15-14-24(22(20-30)12-13-28(33)36-3)31-16-18-32(19-17-31)25-9-5-6-10-26(25)35-2/h5-11,22,24,34H,4,12-21H2,1-3H3/t22-,24+/m1/s1. The van der Waals surface area contributed by atoms with Crippen LogP contribution in [0.15, 0.2) is 42.5 Å². The van der Waals surface area contributed by atoms with Gasteiger partial charge in [-0.05, 0) is 50.4 Å². The number of esters is 1. The van der Waals surface area contributed by atoms with Crippen LogP contribution in [0, 0.1) is 5.92 Å². The lowest BCUT2D eigenvalue weighted by atomic mass is 9.86. The summed E-state index contributed by atoms with van der Waals surface area (Å²) in [5.74, 6) is 1.87. The Kier molecular flexibility index (Phi) is 9.52. The highest BCUT2D eigenvalue weighted by Crippen LogP contribution is 2.34. The zero-order valence-corrected chi connectivity index (χ0v) is 22.4. The van der Waals surface area contributed by atoms with Gasteiger partial charge in [0.15, 0.2) is 11.5 Å². The summed E-state index contributed by atoms with van der Waals surface area (Å²) in [6.45, 7) is 8.78. The van der Waals surface area contributed by atoms with E-state index in [1.54, 1.807) is 13.2 Å². The Morgan fingerprint density at radius 2 is 1.76 bits per heavy atom. The predicted octanol–water partition coefficient (Wildman–Crippen LogP) is 3.77. The molecule has 0 spiro atoms. The van der Waals surface area contributed by atoms with Crippen molar-refractivity contribution in [3.63, 3.8) is 0 Å². The van der Waals surface area contributed by atoms with Gasteiger partial charge in [-0.15, -0.1) is 0 Å². The Balaban J connectivity index is 1.41. The molecule has 4 rings (SSSR count). The van der Waals surface area contributed by atoms with Crippen molar-refractivity contribution < 1.29 is 24.1 Å². The molecule has 2 aliphatic rings. The number of benzene rings is 2. The van der Waals surface area contributed by atoms with Crippen molar-refractivity contribution in [3.8, 4) is 17.2 Å². The van der Waals surface area contributed by atoms with Crippen LogP contribution in [0.5, 0.6) is 17.2 Å². The number of carbonyl (C=O) groups excluding carboxylic acids is 1. The molecular weight excluding hydrogens is 470 g/mol. The Hall–Kier alpha value is -2.97. The first-order chi connectivity index (χ1) is 18.0. The molecule has 2 fully saturated rings. The van der Waals surface area contributed by atoms with Crippen molar-refractivity contribution in [1.82, 2.24) is 9.80 Å². The van der Waals surface area contributed by atoms with Gasteiger partial charge in [0, 0.05) is 57.3 Å². The van der Waals surface area contributed by atoms with Gasteiger partial charge in [0.25, 0.3) is 0 Å². The maximum Gasteiger partial charge on any atom is 0.305 e. The number of phenols is 1. The molecule has 0 amide bonds. The highest BCUT2D eigenvalue weighted by molar-refractivity contribution is 5.69. The molecule has 0 unspecified atom stereocenters. The first kappa shape index (κ1) is 27.1. The summed E-state index contributed by atoms with van der Waals surface area (Å²) < 4.78 is 16.1. The van der Waals surface area contributed by atoms with Gasteiger partial charge in [0.2, 0.25) is 0 Å². The van der Waals surface area contributed by atoms with Crippen LogP contribution < -0.4 is 14.4 Å². The molecule has 202 valence electrons. The molecule has 2 saturated heterocycles. The molecule has 8 heteroatoms. The van der Waals surface area contributed by atoms with Gasteiger partial charge in [-0.2, -0.15) is 0 Å². The molecule has 2 aromatic carbocycles. The zero-order valence-electron chi connectivity index (χ0n) is 22.4. The highest BCUT2D eigenvalue weighted by Gasteiger charge is 2.35. The second kappa shape index (κ2) is 13.0. The maximum atomic E-state index is 12.0. The normalized spacial score (nSPS) is 21.0. The van der Waals surface area contributed by atoms with Crippen molar-refractivity contribution in [3.05, 3.63) is 48.0 Å². The number of methoxy groups -OCH3 is 2. The number of ether oxygens (including phenoxy) is 3. The zero-order chi connectivity index (χ0) is 26.2. The van der Waals surface area contributed by atoms with E-state index in [1.807, 2.05) is 31.2 Å². The summed E-state index contributed by atoms with van der Waals surface area (Å²) >= 11 is 0. The van der Waals surface area contributed by atoms with Crippen molar-refractivity contribution in [2.24, 2.45) is 5.92 Å². The lowest BCUT2D eigenvalue weighted by Crippen LogP contribution is -2.56. The van der Waals surface area contributed by atoms with Crippen LogP contribution in [0.25, 0.3) is 0 Å². The van der Waals surface area contributed by atoms with Crippen molar-refractivity contribution in [2.45, 2.75) is 38.8 Å². The summed E-state index contributed by atoms with van der Waals surface area (Å²) in [5, 5.41) is 10.7. The van der Waals surface area contributed by atoms with E-state index < -0.39 is 0 Å². The van der Waals surface area contributed by atoms with Crippen molar-refractivity contribution >= 4 is 11.7 Å². The molecule has 2 aromatic rings. The van der Waals surface area contributed by atoms with Gasteiger partial charge in [-0.25, -0.2) is 0 Å². The number of phenolic OH excluding ortho intramolecular Hbond substituents is 1. The SMILES string of the molecule is CCOc1cccc(CN2CC[C@H](N3CCN(c4ccccc4OC)CC3)[C@H](CCC(=O)OC)C2)c1O. The summed E-state index contributed by atoms with van der Waals surface area (Å²) in [4.78, 5) is 19.4. The van der Waals surface area contributed by atoms with Gasteiger partial charge in [0.05, 0.1) is 26.5 Å². The summed E-state index contributed by atoms with van der Waals surface area (Å²) in [6.07, 6.45) is 2.26. The molecule has 1 N–H and O–H groups in total. The molecule has 8 nitrogen and oxygen atoms in total. The number of rotatable bonds is 10. The topological polar surface area (TPSA) is 74.7 Å². The number of piperidine rings is 1. The number of hydrogen-bond donors (Lipinski definition) is 1. The molecule has 0 aliphatic carbocycles. The first-order valence-corrected chi connectivity index (χ1v) is 13.4. The number of carbonyl (C=O) groups is 1. The second-order valence-corrected chi connectivity index (χ2v) is 9.86. The van der Waals surface area contributed by atoms with Crippen LogP contribution in [0.3, 0.4) is 0 Å². The van der Waals surface area contributed by atoms with Crippen LogP contribution in [-0.2, 0) is 16.1 Å². The van der Waals surface area contributed by atoms with E-state index in [1.165, 1.54) is 7.11 Å². The van der Waals surface area contributed by atoms with E-state index in [9.17, 15) is 9.90 Å². The molecule has 0 saturated carbocycles. The molecule has 2 atom stereocenters. The average molecular weight is 512 g/mol. The fraction of sp³-hybridized carbons (Fsp3) is 0.552. The van der Waals surface area contributed by atoms with Gasteiger partial charge in [-0.1, -0.05) is 24.3 Å². The van der Waals surface area contributed by atoms with Crippen LogP contribution in [0.4, 0.5) is 5.69 Å². The fourth-order valence-corrected chi connectivity index (χ4v) is 5.80. The van der Waals surface area contributed by atoms with Crippen LogP contribution in [-0.4, -0.2) is 87.0 Å². The lowest BCUT2D eigenvalue weighted by molar-refractivity contribution is -0.141. The largest absolute Gasteiger partial charge is 0.504 e. The quantitative estimate of drug-likeness (QED) is 0.484. The van der Waals surface area contributed by atoms with Gasteiger partial charge in [0.1, 0.15) is 5.75 Å². The number of likely N-dealkylation sites (tertiary alicyclic amines) is 1. The number of aromatic hydroxyl groups is 1. The predicted molar refractivity (Wildman–Crippen MR) is 144 cm³/mol. The minimum atomic E-state index is -0.154. The smallest absolute Gasteiger partial charge is 0.305 e. The van der Waals surface area contributed by atoms with E-state index in [0.29, 0.717) is 37.3 Å². The minimum Gasteiger partial charge on any atom is -0.504 e.